The monoisotopic (exact) mass is 276 g/mol. The minimum Gasteiger partial charge on any atom is -0.293 e. The van der Waals surface area contributed by atoms with E-state index in [2.05, 4.69) is 6.07 Å². The van der Waals surface area contributed by atoms with Gasteiger partial charge in [-0.2, -0.15) is 0 Å². The number of ketones is 1. The average Bonchev–Trinajstić information content (AvgIpc) is 3.09. The van der Waals surface area contributed by atoms with Gasteiger partial charge in [-0.25, -0.2) is 0 Å². The molecule has 2 aromatic rings. The van der Waals surface area contributed by atoms with Crippen molar-refractivity contribution < 1.29 is 4.79 Å². The summed E-state index contributed by atoms with van der Waals surface area (Å²) in [5.41, 5.74) is 2.20. The highest BCUT2D eigenvalue weighted by atomic mass is 35.5. The molecule has 1 fully saturated rings. The van der Waals surface area contributed by atoms with Gasteiger partial charge in [0, 0.05) is 21.4 Å². The minimum atomic E-state index is 0.282. The smallest absolute Gasteiger partial charge is 0.175 e. The zero-order chi connectivity index (χ0) is 12.7. The molecule has 18 heavy (non-hydrogen) atoms. The van der Waals surface area contributed by atoms with Crippen LogP contribution in [-0.2, 0) is 0 Å². The molecule has 1 aliphatic rings. The molecule has 0 bridgehead atoms. The second-order valence-electron chi connectivity index (χ2n) is 4.79. The van der Waals surface area contributed by atoms with Gasteiger partial charge < -0.3 is 0 Å². The van der Waals surface area contributed by atoms with Gasteiger partial charge in [-0.15, -0.1) is 11.3 Å². The topological polar surface area (TPSA) is 17.1 Å². The molecular weight excluding hydrogens is 264 g/mol. The lowest BCUT2D eigenvalue weighted by Crippen LogP contribution is -1.96. The lowest BCUT2D eigenvalue weighted by atomic mass is 10.1. The van der Waals surface area contributed by atoms with E-state index in [1.54, 1.807) is 11.3 Å². The van der Waals surface area contributed by atoms with Crippen LogP contribution in [0.2, 0.25) is 5.02 Å². The molecular formula is C15H13ClOS. The van der Waals surface area contributed by atoms with Crippen LogP contribution in [0.15, 0.2) is 30.3 Å². The first-order valence-corrected chi connectivity index (χ1v) is 7.25. The summed E-state index contributed by atoms with van der Waals surface area (Å²) in [5.74, 6) is 0.583. The number of carbonyl (C=O) groups excluding carboxylic acids is 1. The van der Waals surface area contributed by atoms with Crippen LogP contribution >= 0.6 is 22.9 Å². The number of carbonyl (C=O) groups is 1. The van der Waals surface area contributed by atoms with Gasteiger partial charge in [0.15, 0.2) is 5.78 Å². The van der Waals surface area contributed by atoms with Crippen LogP contribution in [-0.4, -0.2) is 5.78 Å². The van der Waals surface area contributed by atoms with Crippen molar-refractivity contribution in [2.75, 3.05) is 0 Å². The Morgan fingerprint density at radius 2 is 2.06 bits per heavy atom. The largest absolute Gasteiger partial charge is 0.293 e. The molecule has 0 unspecified atom stereocenters. The van der Waals surface area contributed by atoms with Crippen LogP contribution in [0, 0.1) is 12.8 Å². The van der Waals surface area contributed by atoms with Crippen molar-refractivity contribution in [2.45, 2.75) is 19.8 Å². The Balaban J connectivity index is 1.97. The molecule has 0 radical (unpaired) electrons. The van der Waals surface area contributed by atoms with Gasteiger partial charge in [-0.1, -0.05) is 23.2 Å². The maximum atomic E-state index is 12.0. The Morgan fingerprint density at radius 1 is 1.28 bits per heavy atom. The van der Waals surface area contributed by atoms with Crippen molar-refractivity contribution in [2.24, 2.45) is 5.92 Å². The number of rotatable bonds is 3. The zero-order valence-electron chi connectivity index (χ0n) is 10.1. The zero-order valence-corrected chi connectivity index (χ0v) is 11.6. The number of hydrogen-bond acceptors (Lipinski definition) is 2. The number of Topliss-reactive ketones (excluding diaryl/α,β-unsaturated/α-hetero) is 1. The third-order valence-corrected chi connectivity index (χ3v) is 4.65. The molecule has 3 heteroatoms. The van der Waals surface area contributed by atoms with E-state index in [1.807, 2.05) is 31.2 Å². The second-order valence-corrected chi connectivity index (χ2v) is 6.28. The van der Waals surface area contributed by atoms with Crippen molar-refractivity contribution in [3.05, 3.63) is 45.8 Å². The lowest BCUT2D eigenvalue weighted by Gasteiger charge is -2.02. The van der Waals surface area contributed by atoms with Crippen molar-refractivity contribution >= 4 is 28.7 Å². The highest BCUT2D eigenvalue weighted by molar-refractivity contribution is 7.17. The molecule has 3 rings (SSSR count). The molecule has 0 aliphatic heterocycles. The third kappa shape index (κ3) is 2.23. The van der Waals surface area contributed by atoms with Crippen LogP contribution in [0.3, 0.4) is 0 Å². The average molecular weight is 277 g/mol. The Labute approximate surface area is 115 Å². The number of benzene rings is 1. The van der Waals surface area contributed by atoms with Gasteiger partial charge in [0.25, 0.3) is 0 Å². The number of thiophene rings is 1. The van der Waals surface area contributed by atoms with Gasteiger partial charge in [0.1, 0.15) is 0 Å². The van der Waals surface area contributed by atoms with E-state index in [1.165, 1.54) is 5.56 Å². The fourth-order valence-corrected chi connectivity index (χ4v) is 3.32. The highest BCUT2D eigenvalue weighted by Crippen LogP contribution is 2.38. The summed E-state index contributed by atoms with van der Waals surface area (Å²) in [5, 5.41) is 0.743. The lowest BCUT2D eigenvalue weighted by molar-refractivity contribution is 0.0971. The van der Waals surface area contributed by atoms with Crippen LogP contribution < -0.4 is 0 Å². The molecule has 1 aliphatic carbocycles. The summed E-state index contributed by atoms with van der Waals surface area (Å²) in [4.78, 5) is 13.9. The van der Waals surface area contributed by atoms with E-state index >= 15 is 0 Å². The quantitative estimate of drug-likeness (QED) is 0.724. The molecule has 0 N–H and O–H groups in total. The molecule has 0 amide bonds. The van der Waals surface area contributed by atoms with Gasteiger partial charge in [0.05, 0.1) is 4.88 Å². The normalized spacial score (nSPS) is 14.8. The first kappa shape index (κ1) is 11.9. The summed E-state index contributed by atoms with van der Waals surface area (Å²) in [6.45, 7) is 2.05. The number of halogens is 1. The molecule has 0 atom stereocenters. The summed E-state index contributed by atoms with van der Waals surface area (Å²) >= 11 is 7.77. The van der Waals surface area contributed by atoms with Crippen molar-refractivity contribution in [1.82, 2.24) is 0 Å². The van der Waals surface area contributed by atoms with E-state index in [0.29, 0.717) is 5.78 Å². The highest BCUT2D eigenvalue weighted by Gasteiger charge is 2.31. The van der Waals surface area contributed by atoms with Crippen LogP contribution in [0.5, 0.6) is 0 Å². The molecule has 1 aromatic heterocycles. The third-order valence-electron chi connectivity index (χ3n) is 3.18. The fraction of sp³-hybridized carbons (Fsp3) is 0.267. The van der Waals surface area contributed by atoms with Crippen LogP contribution in [0.1, 0.15) is 28.1 Å². The van der Waals surface area contributed by atoms with Crippen LogP contribution in [0.25, 0.3) is 10.4 Å². The van der Waals surface area contributed by atoms with E-state index in [4.69, 9.17) is 11.6 Å². The van der Waals surface area contributed by atoms with Gasteiger partial charge in [-0.3, -0.25) is 4.79 Å². The molecule has 0 spiro atoms. The Morgan fingerprint density at radius 3 is 2.78 bits per heavy atom. The van der Waals surface area contributed by atoms with Gasteiger partial charge in [0.2, 0.25) is 0 Å². The molecule has 0 saturated heterocycles. The van der Waals surface area contributed by atoms with Crippen molar-refractivity contribution in [1.29, 1.82) is 0 Å². The maximum absolute atomic E-state index is 12.0. The first-order chi connectivity index (χ1) is 8.65. The van der Waals surface area contributed by atoms with E-state index in [-0.39, 0.29) is 5.92 Å². The van der Waals surface area contributed by atoms with Crippen molar-refractivity contribution in [3.63, 3.8) is 0 Å². The standard InChI is InChI=1S/C15H13ClOS/c1-9-2-5-12(16)11(8-9)13-6-7-14(18-13)15(17)10-3-4-10/h2,5-8,10H,3-4H2,1H3. The summed E-state index contributed by atoms with van der Waals surface area (Å²) in [7, 11) is 0. The van der Waals surface area contributed by atoms with E-state index < -0.39 is 0 Å². The second kappa shape index (κ2) is 4.52. The van der Waals surface area contributed by atoms with Gasteiger partial charge in [-0.05, 0) is 44.0 Å². The van der Waals surface area contributed by atoms with Crippen molar-refractivity contribution in [3.8, 4) is 10.4 Å². The predicted octanol–water partition coefficient (Wildman–Crippen LogP) is 4.97. The summed E-state index contributed by atoms with van der Waals surface area (Å²) < 4.78 is 0. The Bertz CT molecular complexity index is 611. The number of aryl methyl sites for hydroxylation is 1. The Hall–Kier alpha value is -1.12. The van der Waals surface area contributed by atoms with E-state index in [9.17, 15) is 4.79 Å². The number of hydrogen-bond donors (Lipinski definition) is 0. The first-order valence-electron chi connectivity index (χ1n) is 6.06. The molecule has 1 nitrogen and oxygen atoms in total. The van der Waals surface area contributed by atoms with Crippen LogP contribution in [0.4, 0.5) is 0 Å². The van der Waals surface area contributed by atoms with Gasteiger partial charge >= 0.3 is 0 Å². The maximum Gasteiger partial charge on any atom is 0.175 e. The molecule has 92 valence electrons. The SMILES string of the molecule is Cc1ccc(Cl)c(-c2ccc(C(=O)C3CC3)s2)c1. The fourth-order valence-electron chi connectivity index (χ4n) is 1.99. The molecule has 1 heterocycles. The summed E-state index contributed by atoms with van der Waals surface area (Å²) in [6.07, 6.45) is 2.11. The molecule has 1 aromatic carbocycles. The van der Waals surface area contributed by atoms with E-state index in [0.717, 1.165) is 33.2 Å². The predicted molar refractivity (Wildman–Crippen MR) is 76.6 cm³/mol. The summed E-state index contributed by atoms with van der Waals surface area (Å²) in [6, 6.07) is 9.91. The molecule has 1 saturated carbocycles. The Kier molecular flexibility index (Phi) is 3.00. The minimum absolute atomic E-state index is 0.282.